The van der Waals surface area contributed by atoms with Crippen molar-refractivity contribution < 1.29 is 0 Å². The van der Waals surface area contributed by atoms with Crippen LogP contribution in [0.4, 0.5) is 5.13 Å². The highest BCUT2D eigenvalue weighted by Crippen LogP contribution is 2.26. The maximum atomic E-state index is 4.49. The first kappa shape index (κ1) is 14.7. The molecule has 0 amide bonds. The molecular formula is C13H21BrN2S. The Morgan fingerprint density at radius 2 is 2.12 bits per heavy atom. The first-order valence-corrected chi connectivity index (χ1v) is 8.03. The van der Waals surface area contributed by atoms with Gasteiger partial charge in [-0.15, -0.1) is 0 Å². The normalized spacial score (nSPS) is 12.2. The molecule has 0 unspecified atom stereocenters. The van der Waals surface area contributed by atoms with Crippen LogP contribution in [-0.4, -0.2) is 23.4 Å². The van der Waals surface area contributed by atoms with E-state index in [1.807, 2.05) is 6.20 Å². The third kappa shape index (κ3) is 4.11. The first-order valence-electron chi connectivity index (χ1n) is 6.09. The molecule has 1 aromatic rings. The minimum absolute atomic E-state index is 0.577. The maximum Gasteiger partial charge on any atom is 0.185 e. The molecule has 1 aromatic heterocycles. The van der Waals surface area contributed by atoms with Crippen molar-refractivity contribution in [3.63, 3.8) is 0 Å². The fraction of sp³-hybridized carbons (Fsp3) is 0.615. The Hall–Kier alpha value is -0.350. The SMILES string of the molecule is CCN(CC)c1ncc(C=C(CBr)C(C)C)s1. The van der Waals surface area contributed by atoms with Crippen LogP contribution in [0.25, 0.3) is 6.08 Å². The maximum absolute atomic E-state index is 4.49. The van der Waals surface area contributed by atoms with Gasteiger partial charge in [0.1, 0.15) is 0 Å². The van der Waals surface area contributed by atoms with Crippen LogP contribution < -0.4 is 4.90 Å². The number of anilines is 1. The second-order valence-electron chi connectivity index (χ2n) is 4.23. The lowest BCUT2D eigenvalue weighted by atomic mass is 10.1. The van der Waals surface area contributed by atoms with E-state index in [9.17, 15) is 0 Å². The van der Waals surface area contributed by atoms with Crippen molar-refractivity contribution >= 4 is 38.5 Å². The average molecular weight is 317 g/mol. The molecule has 0 aliphatic carbocycles. The van der Waals surface area contributed by atoms with Crippen molar-refractivity contribution in [3.05, 3.63) is 16.6 Å². The number of hydrogen-bond donors (Lipinski definition) is 0. The minimum atomic E-state index is 0.577. The smallest absolute Gasteiger partial charge is 0.185 e. The molecule has 0 radical (unpaired) electrons. The Morgan fingerprint density at radius 1 is 1.47 bits per heavy atom. The van der Waals surface area contributed by atoms with Gasteiger partial charge in [0.2, 0.25) is 0 Å². The predicted octanol–water partition coefficient (Wildman–Crippen LogP) is 4.42. The van der Waals surface area contributed by atoms with Crippen molar-refractivity contribution in [2.75, 3.05) is 23.3 Å². The highest BCUT2D eigenvalue weighted by molar-refractivity contribution is 9.09. The summed E-state index contributed by atoms with van der Waals surface area (Å²) in [5, 5.41) is 2.06. The largest absolute Gasteiger partial charge is 0.349 e. The summed E-state index contributed by atoms with van der Waals surface area (Å²) >= 11 is 5.31. The molecule has 0 spiro atoms. The number of hydrogen-bond acceptors (Lipinski definition) is 3. The number of nitrogens with zero attached hydrogens (tertiary/aromatic N) is 2. The summed E-state index contributed by atoms with van der Waals surface area (Å²) in [4.78, 5) is 8.02. The van der Waals surface area contributed by atoms with E-state index in [1.54, 1.807) is 11.3 Å². The van der Waals surface area contributed by atoms with Crippen LogP contribution in [0, 0.1) is 5.92 Å². The van der Waals surface area contributed by atoms with E-state index >= 15 is 0 Å². The van der Waals surface area contributed by atoms with Gasteiger partial charge in [0, 0.05) is 29.5 Å². The van der Waals surface area contributed by atoms with E-state index in [0.717, 1.165) is 23.6 Å². The average Bonchev–Trinajstić information content (AvgIpc) is 2.76. The number of halogens is 1. The van der Waals surface area contributed by atoms with Gasteiger partial charge in [0.25, 0.3) is 0 Å². The van der Waals surface area contributed by atoms with Gasteiger partial charge in [-0.3, -0.25) is 0 Å². The Labute approximate surface area is 117 Å². The van der Waals surface area contributed by atoms with Gasteiger partial charge in [0.05, 0.1) is 0 Å². The van der Waals surface area contributed by atoms with Gasteiger partial charge >= 0.3 is 0 Å². The van der Waals surface area contributed by atoms with Crippen molar-refractivity contribution in [1.82, 2.24) is 4.98 Å². The molecular weight excluding hydrogens is 296 g/mol. The fourth-order valence-corrected chi connectivity index (χ4v) is 3.35. The van der Waals surface area contributed by atoms with E-state index in [4.69, 9.17) is 0 Å². The number of rotatable bonds is 6. The highest BCUT2D eigenvalue weighted by atomic mass is 79.9. The molecule has 0 fully saturated rings. The van der Waals surface area contributed by atoms with Crippen LogP contribution in [0.15, 0.2) is 11.8 Å². The van der Waals surface area contributed by atoms with E-state index in [-0.39, 0.29) is 0 Å². The zero-order valence-corrected chi connectivity index (χ0v) is 13.4. The lowest BCUT2D eigenvalue weighted by molar-refractivity contribution is 0.781. The molecule has 1 heterocycles. The van der Waals surface area contributed by atoms with E-state index in [2.05, 4.69) is 59.6 Å². The van der Waals surface area contributed by atoms with Gasteiger partial charge in [-0.05, 0) is 25.8 Å². The molecule has 96 valence electrons. The lowest BCUT2D eigenvalue weighted by Crippen LogP contribution is -2.21. The van der Waals surface area contributed by atoms with Crippen LogP contribution in [0.3, 0.4) is 0 Å². The van der Waals surface area contributed by atoms with Crippen molar-refractivity contribution in [2.45, 2.75) is 27.7 Å². The predicted molar refractivity (Wildman–Crippen MR) is 82.3 cm³/mol. The highest BCUT2D eigenvalue weighted by Gasteiger charge is 2.08. The molecule has 17 heavy (non-hydrogen) atoms. The Bertz CT molecular complexity index is 367. The van der Waals surface area contributed by atoms with Gasteiger partial charge in [-0.2, -0.15) is 0 Å². The van der Waals surface area contributed by atoms with Crippen molar-refractivity contribution in [3.8, 4) is 0 Å². The minimum Gasteiger partial charge on any atom is -0.349 e. The Kier molecular flexibility index (Phi) is 6.20. The quantitative estimate of drug-likeness (QED) is 0.722. The van der Waals surface area contributed by atoms with Crippen LogP contribution in [-0.2, 0) is 0 Å². The molecule has 0 N–H and O–H groups in total. The van der Waals surface area contributed by atoms with Crippen LogP contribution in [0.1, 0.15) is 32.6 Å². The molecule has 2 nitrogen and oxygen atoms in total. The molecule has 4 heteroatoms. The number of aromatic nitrogens is 1. The number of allylic oxidation sites excluding steroid dienone is 1. The first-order chi connectivity index (χ1) is 8.12. The third-order valence-electron chi connectivity index (χ3n) is 2.77. The molecule has 1 rings (SSSR count). The van der Waals surface area contributed by atoms with Crippen LogP contribution in [0.5, 0.6) is 0 Å². The van der Waals surface area contributed by atoms with E-state index < -0.39 is 0 Å². The molecule has 0 bridgehead atoms. The van der Waals surface area contributed by atoms with Crippen molar-refractivity contribution in [1.29, 1.82) is 0 Å². The molecule has 0 aliphatic heterocycles. The van der Waals surface area contributed by atoms with Gasteiger partial charge < -0.3 is 4.90 Å². The molecule has 0 atom stereocenters. The topological polar surface area (TPSA) is 16.1 Å². The fourth-order valence-electron chi connectivity index (χ4n) is 1.53. The van der Waals surface area contributed by atoms with Gasteiger partial charge in [-0.25, -0.2) is 4.98 Å². The summed E-state index contributed by atoms with van der Waals surface area (Å²) < 4.78 is 0. The standard InChI is InChI=1S/C13H21BrN2S/c1-5-16(6-2)13-15-9-12(17-13)7-11(8-14)10(3)4/h7,9-10H,5-6,8H2,1-4H3. The molecule has 0 aromatic carbocycles. The summed E-state index contributed by atoms with van der Waals surface area (Å²) in [5.74, 6) is 0.577. The van der Waals surface area contributed by atoms with Crippen molar-refractivity contribution in [2.24, 2.45) is 5.92 Å². The summed E-state index contributed by atoms with van der Waals surface area (Å²) in [6.45, 7) is 10.8. The second-order valence-corrected chi connectivity index (χ2v) is 5.83. The van der Waals surface area contributed by atoms with E-state index in [0.29, 0.717) is 5.92 Å². The summed E-state index contributed by atoms with van der Waals surface area (Å²) in [6, 6.07) is 0. The monoisotopic (exact) mass is 316 g/mol. The van der Waals surface area contributed by atoms with Gasteiger partial charge in [0.15, 0.2) is 5.13 Å². The molecule has 0 saturated heterocycles. The third-order valence-corrected chi connectivity index (χ3v) is 4.42. The zero-order chi connectivity index (χ0) is 12.8. The Morgan fingerprint density at radius 3 is 2.59 bits per heavy atom. The van der Waals surface area contributed by atoms with Crippen LogP contribution in [0.2, 0.25) is 0 Å². The number of thiazole rings is 1. The summed E-state index contributed by atoms with van der Waals surface area (Å²) in [6.07, 6.45) is 4.23. The Balaban J connectivity index is 2.87. The summed E-state index contributed by atoms with van der Waals surface area (Å²) in [5.41, 5.74) is 1.42. The summed E-state index contributed by atoms with van der Waals surface area (Å²) in [7, 11) is 0. The molecule has 0 saturated carbocycles. The van der Waals surface area contributed by atoms with Crippen LogP contribution >= 0.6 is 27.3 Å². The van der Waals surface area contributed by atoms with E-state index in [1.165, 1.54) is 10.5 Å². The van der Waals surface area contributed by atoms with Gasteiger partial charge in [-0.1, -0.05) is 46.7 Å². The lowest BCUT2D eigenvalue weighted by Gasteiger charge is -2.16. The molecule has 0 aliphatic rings. The number of alkyl halides is 1. The second kappa shape index (κ2) is 7.17. The zero-order valence-electron chi connectivity index (χ0n) is 11.0.